The lowest BCUT2D eigenvalue weighted by molar-refractivity contribution is -0.887. The van der Waals surface area contributed by atoms with Crippen LogP contribution in [-0.4, -0.2) is 80.6 Å². The minimum absolute atomic E-state index is 0.0538. The van der Waals surface area contributed by atoms with E-state index in [1.165, 1.54) is 64.2 Å². The number of hydrogen-bond donors (Lipinski definition) is 1. The molecule has 0 fully saturated rings. The number of likely N-dealkylation sites (N-methyl/N-ethyl adjacent to an activating group) is 1. The summed E-state index contributed by atoms with van der Waals surface area (Å²) < 4.78 is 17.2. The molecular formula is C43H78NO7+. The van der Waals surface area contributed by atoms with Crippen molar-refractivity contribution < 1.29 is 38.2 Å². The van der Waals surface area contributed by atoms with Gasteiger partial charge in [-0.05, 0) is 64.2 Å². The number of carboxylic acid groups (broad SMARTS) is 1. The molecule has 0 aliphatic heterocycles. The highest BCUT2D eigenvalue weighted by Gasteiger charge is 2.31. The van der Waals surface area contributed by atoms with Gasteiger partial charge in [0.1, 0.15) is 6.61 Å². The molecule has 0 aromatic carbocycles. The molecule has 2 unspecified atom stereocenters. The fourth-order valence-electron chi connectivity index (χ4n) is 5.83. The highest BCUT2D eigenvalue weighted by Crippen LogP contribution is 2.13. The van der Waals surface area contributed by atoms with E-state index in [-0.39, 0.29) is 36.2 Å². The van der Waals surface area contributed by atoms with Crippen molar-refractivity contribution in [3.05, 3.63) is 36.5 Å². The summed E-state index contributed by atoms with van der Waals surface area (Å²) in [5.41, 5.74) is 0. The molecule has 1 N–H and O–H groups in total. The standard InChI is InChI=1S/C43H77NO7/c1-6-8-10-12-14-16-18-20-22-24-26-28-30-32-34-42(46)51-39(37-49-36-35-40(43(47)48)44(3,4)5)38-50-41(45)33-31-29-27-25-23-21-19-17-15-13-11-9-7-2/h8,10,14,16,21,23,39-40H,6-7,9,11-13,15,17-20,22,24-38H2,1-5H3/p+1/b10-8+,16-14+,23-21+. The minimum atomic E-state index is -0.879. The molecule has 0 radical (unpaired) electrons. The molecule has 0 spiro atoms. The van der Waals surface area contributed by atoms with E-state index in [1.54, 1.807) is 0 Å². The van der Waals surface area contributed by atoms with Crippen molar-refractivity contribution in [1.82, 2.24) is 0 Å². The van der Waals surface area contributed by atoms with Crippen molar-refractivity contribution in [2.45, 2.75) is 180 Å². The number of rotatable bonds is 36. The lowest BCUT2D eigenvalue weighted by atomic mass is 10.1. The summed E-state index contributed by atoms with van der Waals surface area (Å²) >= 11 is 0. The molecule has 0 aliphatic carbocycles. The third-order valence-electron chi connectivity index (χ3n) is 9.02. The molecule has 296 valence electrons. The number of unbranched alkanes of at least 4 members (excludes halogenated alkanes) is 16. The zero-order valence-corrected chi connectivity index (χ0v) is 33.6. The number of ether oxygens (including phenoxy) is 3. The topological polar surface area (TPSA) is 99.1 Å². The third-order valence-corrected chi connectivity index (χ3v) is 9.02. The molecule has 0 saturated carbocycles. The maximum Gasteiger partial charge on any atom is 0.362 e. The number of hydrogen-bond acceptors (Lipinski definition) is 6. The smallest absolute Gasteiger partial charge is 0.362 e. The lowest BCUT2D eigenvalue weighted by Gasteiger charge is -2.31. The fourth-order valence-corrected chi connectivity index (χ4v) is 5.83. The number of allylic oxidation sites excluding steroid dienone is 6. The van der Waals surface area contributed by atoms with E-state index in [4.69, 9.17) is 14.2 Å². The van der Waals surface area contributed by atoms with Crippen molar-refractivity contribution in [1.29, 1.82) is 0 Å². The van der Waals surface area contributed by atoms with Gasteiger partial charge in [0.2, 0.25) is 0 Å². The Bertz CT molecular complexity index is 937. The molecule has 0 saturated heterocycles. The molecule has 0 amide bonds. The van der Waals surface area contributed by atoms with Crippen LogP contribution in [0.2, 0.25) is 0 Å². The number of aliphatic carboxylic acids is 1. The van der Waals surface area contributed by atoms with Gasteiger partial charge in [-0.3, -0.25) is 9.59 Å². The first kappa shape index (κ1) is 48.5. The van der Waals surface area contributed by atoms with Gasteiger partial charge in [0.15, 0.2) is 12.1 Å². The van der Waals surface area contributed by atoms with Crippen molar-refractivity contribution in [2.24, 2.45) is 0 Å². The average molecular weight is 721 g/mol. The number of carboxylic acids is 1. The Morgan fingerprint density at radius 2 is 1.10 bits per heavy atom. The van der Waals surface area contributed by atoms with Crippen LogP contribution in [-0.2, 0) is 28.6 Å². The van der Waals surface area contributed by atoms with Crippen LogP contribution >= 0.6 is 0 Å². The predicted molar refractivity (Wildman–Crippen MR) is 211 cm³/mol. The van der Waals surface area contributed by atoms with Gasteiger partial charge in [0.05, 0.1) is 34.4 Å². The minimum Gasteiger partial charge on any atom is -0.477 e. The predicted octanol–water partition coefficient (Wildman–Crippen LogP) is 10.7. The largest absolute Gasteiger partial charge is 0.477 e. The number of carbonyl (C=O) groups is 3. The molecule has 0 aromatic rings. The van der Waals surface area contributed by atoms with Gasteiger partial charge in [-0.15, -0.1) is 0 Å². The SMILES string of the molecule is CC/C=C/C/C=C/CCCCCCCCCC(=O)OC(COCCC(C(=O)O)[N+](C)(C)C)COC(=O)CCCCC/C=C/CCCCCCCC. The number of nitrogens with zero attached hydrogens (tertiary/aromatic N) is 1. The van der Waals surface area contributed by atoms with Crippen molar-refractivity contribution in [2.75, 3.05) is 41.0 Å². The summed E-state index contributed by atoms with van der Waals surface area (Å²) in [5, 5.41) is 9.59. The fraction of sp³-hybridized carbons (Fsp3) is 0.791. The first-order valence-electron chi connectivity index (χ1n) is 20.5. The molecule has 0 rings (SSSR count). The summed E-state index contributed by atoms with van der Waals surface area (Å²) in [4.78, 5) is 36.8. The summed E-state index contributed by atoms with van der Waals surface area (Å²) in [7, 11) is 5.51. The van der Waals surface area contributed by atoms with Gasteiger partial charge < -0.3 is 23.8 Å². The summed E-state index contributed by atoms with van der Waals surface area (Å²) in [5.74, 6) is -1.50. The lowest BCUT2D eigenvalue weighted by Crippen LogP contribution is -2.50. The molecule has 0 heterocycles. The van der Waals surface area contributed by atoms with Gasteiger partial charge in [-0.2, -0.15) is 0 Å². The van der Waals surface area contributed by atoms with Gasteiger partial charge in [0, 0.05) is 19.3 Å². The Morgan fingerprint density at radius 3 is 1.65 bits per heavy atom. The third kappa shape index (κ3) is 33.2. The van der Waals surface area contributed by atoms with Crippen molar-refractivity contribution in [3.8, 4) is 0 Å². The van der Waals surface area contributed by atoms with E-state index in [0.717, 1.165) is 70.6 Å². The van der Waals surface area contributed by atoms with Gasteiger partial charge >= 0.3 is 17.9 Å². The average Bonchev–Trinajstić information content (AvgIpc) is 3.08. The second kappa shape index (κ2) is 34.6. The maximum atomic E-state index is 12.7. The molecule has 0 aromatic heterocycles. The molecular weight excluding hydrogens is 642 g/mol. The Morgan fingerprint density at radius 1 is 0.608 bits per heavy atom. The van der Waals surface area contributed by atoms with Crippen LogP contribution in [0, 0.1) is 0 Å². The molecule has 8 nitrogen and oxygen atoms in total. The van der Waals surface area contributed by atoms with E-state index in [9.17, 15) is 19.5 Å². The second-order valence-electron chi connectivity index (χ2n) is 14.9. The first-order valence-corrected chi connectivity index (χ1v) is 20.5. The summed E-state index contributed by atoms with van der Waals surface area (Å²) in [6.07, 6.45) is 37.5. The Balaban J connectivity index is 4.42. The van der Waals surface area contributed by atoms with Crippen LogP contribution in [0.3, 0.4) is 0 Å². The normalized spacial score (nSPS) is 13.4. The Kier molecular flexibility index (Phi) is 33.0. The zero-order chi connectivity index (χ0) is 37.8. The molecule has 2 atom stereocenters. The van der Waals surface area contributed by atoms with Crippen LogP contribution in [0.15, 0.2) is 36.5 Å². The highest BCUT2D eigenvalue weighted by atomic mass is 16.6. The van der Waals surface area contributed by atoms with Gasteiger partial charge in [0.25, 0.3) is 0 Å². The van der Waals surface area contributed by atoms with Crippen LogP contribution < -0.4 is 0 Å². The van der Waals surface area contributed by atoms with Crippen molar-refractivity contribution in [3.63, 3.8) is 0 Å². The Labute approximate surface area is 313 Å². The van der Waals surface area contributed by atoms with E-state index in [2.05, 4.69) is 50.3 Å². The first-order chi connectivity index (χ1) is 24.6. The van der Waals surface area contributed by atoms with Gasteiger partial charge in [-0.1, -0.05) is 121 Å². The van der Waals surface area contributed by atoms with Crippen LogP contribution in [0.5, 0.6) is 0 Å². The monoisotopic (exact) mass is 721 g/mol. The summed E-state index contributed by atoms with van der Waals surface area (Å²) in [6, 6.07) is -0.616. The van der Waals surface area contributed by atoms with Crippen LogP contribution in [0.25, 0.3) is 0 Å². The Hall–Kier alpha value is -2.45. The summed E-state index contributed by atoms with van der Waals surface area (Å²) in [6.45, 7) is 4.59. The quantitative estimate of drug-likeness (QED) is 0.0298. The maximum absolute atomic E-state index is 12.7. The number of carbonyl (C=O) groups excluding carboxylic acids is 2. The number of esters is 2. The highest BCUT2D eigenvalue weighted by molar-refractivity contribution is 5.72. The van der Waals surface area contributed by atoms with E-state index >= 15 is 0 Å². The zero-order valence-electron chi connectivity index (χ0n) is 33.6. The molecule has 8 heteroatoms. The van der Waals surface area contributed by atoms with Crippen LogP contribution in [0.1, 0.15) is 168 Å². The van der Waals surface area contributed by atoms with E-state index in [0.29, 0.717) is 19.3 Å². The molecule has 51 heavy (non-hydrogen) atoms. The van der Waals surface area contributed by atoms with E-state index < -0.39 is 18.1 Å². The molecule has 0 bridgehead atoms. The van der Waals surface area contributed by atoms with Crippen LogP contribution in [0.4, 0.5) is 0 Å². The van der Waals surface area contributed by atoms with Gasteiger partial charge in [-0.25, -0.2) is 4.79 Å². The second-order valence-corrected chi connectivity index (χ2v) is 14.9. The number of quaternary nitrogens is 1. The van der Waals surface area contributed by atoms with Crippen molar-refractivity contribution >= 4 is 17.9 Å². The van der Waals surface area contributed by atoms with E-state index in [1.807, 2.05) is 21.1 Å². The molecule has 0 aliphatic rings.